The highest BCUT2D eigenvalue weighted by atomic mass is 16.4. The molecule has 0 saturated carbocycles. The number of nitrogens with one attached hydrogen (secondary N) is 1. The molecule has 1 heterocycles. The zero-order chi connectivity index (χ0) is 19.6. The van der Waals surface area contributed by atoms with E-state index in [1.165, 1.54) is 12.4 Å². The van der Waals surface area contributed by atoms with Crippen LogP contribution in [0, 0.1) is 0 Å². The predicted molar refractivity (Wildman–Crippen MR) is 114 cm³/mol. The molecule has 0 aliphatic heterocycles. The molecular weight excluding hydrogens is 350 g/mol. The maximum Gasteiger partial charge on any atom is 0.131 e. The largest absolute Gasteiger partial charge is 0.411 e. The number of pyridine rings is 1. The van der Waals surface area contributed by atoms with Gasteiger partial charge in [-0.1, -0.05) is 53.7 Å². The van der Waals surface area contributed by atoms with Crippen LogP contribution in [0.25, 0.3) is 11.1 Å². The van der Waals surface area contributed by atoms with E-state index >= 15 is 0 Å². The van der Waals surface area contributed by atoms with Crippen molar-refractivity contribution in [1.29, 1.82) is 0 Å². The van der Waals surface area contributed by atoms with Crippen molar-refractivity contribution < 1.29 is 5.21 Å². The third-order valence-electron chi connectivity index (χ3n) is 4.10. The maximum absolute atomic E-state index is 8.65. The highest BCUT2D eigenvalue weighted by molar-refractivity contribution is 6.17. The first-order chi connectivity index (χ1) is 13.8. The van der Waals surface area contributed by atoms with Crippen LogP contribution in [0.2, 0.25) is 0 Å². The molecular formula is C22H21N5O. The van der Waals surface area contributed by atoms with Gasteiger partial charge in [0.25, 0.3) is 0 Å². The maximum atomic E-state index is 8.65. The standard InChI is InChI=1S/C22H21N5O/c1-23-22(26-16-18-10-5-6-13-24-18)21-19(17-8-3-2-4-9-17)11-7-12-20(21)25-14-15-27-28/h2-15,28H,16H2,1H3,(H,23,26)/b25-14?,27-15+. The highest BCUT2D eigenvalue weighted by Crippen LogP contribution is 2.31. The van der Waals surface area contributed by atoms with Gasteiger partial charge < -0.3 is 10.5 Å². The average molecular weight is 371 g/mol. The fraction of sp³-hybridized carbons (Fsp3) is 0.0909. The molecule has 0 aliphatic rings. The molecule has 2 aromatic carbocycles. The number of benzene rings is 2. The van der Waals surface area contributed by atoms with E-state index in [0.29, 0.717) is 12.4 Å². The van der Waals surface area contributed by atoms with Gasteiger partial charge in [-0.2, -0.15) is 0 Å². The van der Waals surface area contributed by atoms with Crippen molar-refractivity contribution in [2.75, 3.05) is 7.05 Å². The quantitative estimate of drug-likeness (QED) is 0.296. The number of amidine groups is 1. The van der Waals surface area contributed by atoms with E-state index in [4.69, 9.17) is 5.21 Å². The van der Waals surface area contributed by atoms with Crippen molar-refractivity contribution in [2.24, 2.45) is 15.1 Å². The third-order valence-corrected chi connectivity index (χ3v) is 4.10. The highest BCUT2D eigenvalue weighted by Gasteiger charge is 2.15. The number of hydrogen-bond donors (Lipinski definition) is 2. The molecule has 0 amide bonds. The molecule has 0 radical (unpaired) electrons. The Balaban J connectivity index is 2.04. The van der Waals surface area contributed by atoms with Crippen molar-refractivity contribution >= 4 is 24.0 Å². The van der Waals surface area contributed by atoms with Crippen LogP contribution >= 0.6 is 0 Å². The minimum Gasteiger partial charge on any atom is -0.411 e. The fourth-order valence-electron chi connectivity index (χ4n) is 2.85. The molecule has 28 heavy (non-hydrogen) atoms. The van der Waals surface area contributed by atoms with Crippen molar-refractivity contribution in [3.05, 3.63) is 84.2 Å². The lowest BCUT2D eigenvalue weighted by Crippen LogP contribution is -2.25. The van der Waals surface area contributed by atoms with Gasteiger partial charge in [0.15, 0.2) is 0 Å². The normalized spacial score (nSPS) is 12.0. The molecule has 0 unspecified atom stereocenters. The second kappa shape index (κ2) is 9.78. The molecule has 1 aromatic heterocycles. The van der Waals surface area contributed by atoms with Gasteiger partial charge in [-0.05, 0) is 29.3 Å². The average Bonchev–Trinajstić information content (AvgIpc) is 2.76. The van der Waals surface area contributed by atoms with Crippen molar-refractivity contribution in [2.45, 2.75) is 6.54 Å². The Bertz CT molecular complexity index is 982. The predicted octanol–water partition coefficient (Wildman–Crippen LogP) is 4.08. The van der Waals surface area contributed by atoms with E-state index < -0.39 is 0 Å². The lowest BCUT2D eigenvalue weighted by atomic mass is 9.97. The molecule has 6 heteroatoms. The number of nitrogens with zero attached hydrogens (tertiary/aromatic N) is 4. The van der Waals surface area contributed by atoms with Gasteiger partial charge in [-0.15, -0.1) is 0 Å². The molecule has 140 valence electrons. The van der Waals surface area contributed by atoms with E-state index in [-0.39, 0.29) is 0 Å². The third kappa shape index (κ3) is 4.67. The minimum absolute atomic E-state index is 0.540. The van der Waals surface area contributed by atoms with E-state index in [1.54, 1.807) is 13.2 Å². The Kier molecular flexibility index (Phi) is 6.62. The summed E-state index contributed by atoms with van der Waals surface area (Å²) in [7, 11) is 1.74. The molecule has 0 atom stereocenters. The lowest BCUT2D eigenvalue weighted by Gasteiger charge is -2.16. The number of oxime groups is 1. The summed E-state index contributed by atoms with van der Waals surface area (Å²) < 4.78 is 0. The number of hydrogen-bond acceptors (Lipinski definition) is 5. The van der Waals surface area contributed by atoms with Crippen LogP contribution in [-0.4, -0.2) is 35.5 Å². The summed E-state index contributed by atoms with van der Waals surface area (Å²) in [6.07, 6.45) is 4.43. The monoisotopic (exact) mass is 371 g/mol. The first kappa shape index (κ1) is 19.0. The van der Waals surface area contributed by atoms with Gasteiger partial charge in [0.05, 0.1) is 24.1 Å². The van der Waals surface area contributed by atoms with E-state index in [1.807, 2.05) is 66.7 Å². The Morgan fingerprint density at radius 3 is 2.54 bits per heavy atom. The van der Waals surface area contributed by atoms with Crippen LogP contribution in [0.3, 0.4) is 0 Å². The second-order valence-corrected chi connectivity index (χ2v) is 5.86. The molecule has 6 nitrogen and oxygen atoms in total. The van der Waals surface area contributed by atoms with Gasteiger partial charge in [0, 0.05) is 25.0 Å². The summed E-state index contributed by atoms with van der Waals surface area (Å²) in [5, 5.41) is 15.0. The zero-order valence-corrected chi connectivity index (χ0v) is 15.5. The van der Waals surface area contributed by atoms with Gasteiger partial charge in [-0.3, -0.25) is 15.0 Å². The Hall–Kier alpha value is -3.80. The number of rotatable bonds is 6. The summed E-state index contributed by atoms with van der Waals surface area (Å²) in [6, 6.07) is 21.8. The summed E-state index contributed by atoms with van der Waals surface area (Å²) in [4.78, 5) is 13.3. The first-order valence-electron chi connectivity index (χ1n) is 8.83. The van der Waals surface area contributed by atoms with Crippen molar-refractivity contribution in [3.63, 3.8) is 0 Å². The van der Waals surface area contributed by atoms with Gasteiger partial charge >= 0.3 is 0 Å². The van der Waals surface area contributed by atoms with Gasteiger partial charge in [0.2, 0.25) is 0 Å². The van der Waals surface area contributed by atoms with Crippen molar-refractivity contribution in [1.82, 2.24) is 10.3 Å². The molecule has 0 fully saturated rings. The van der Waals surface area contributed by atoms with Crippen molar-refractivity contribution in [3.8, 4) is 11.1 Å². The summed E-state index contributed by atoms with van der Waals surface area (Å²) in [5.41, 5.74) is 4.57. The van der Waals surface area contributed by atoms with E-state index in [9.17, 15) is 0 Å². The van der Waals surface area contributed by atoms with Gasteiger partial charge in [0.1, 0.15) is 5.84 Å². The molecule has 3 aromatic rings. The SMILES string of the molecule is CN=C(NCc1ccccn1)c1c(N=C/C=N/O)cccc1-c1ccccc1. The molecule has 0 spiro atoms. The minimum atomic E-state index is 0.540. The summed E-state index contributed by atoms with van der Waals surface area (Å²) in [6.45, 7) is 0.540. The smallest absolute Gasteiger partial charge is 0.131 e. The van der Waals surface area contributed by atoms with Crippen LogP contribution in [0.4, 0.5) is 5.69 Å². The Morgan fingerprint density at radius 2 is 1.82 bits per heavy atom. The summed E-state index contributed by atoms with van der Waals surface area (Å²) in [5.74, 6) is 0.707. The first-order valence-corrected chi connectivity index (χ1v) is 8.83. The number of aromatic nitrogens is 1. The van der Waals surface area contributed by atoms with Gasteiger partial charge in [-0.25, -0.2) is 0 Å². The van der Waals surface area contributed by atoms with Crippen LogP contribution in [0.5, 0.6) is 0 Å². The fourth-order valence-corrected chi connectivity index (χ4v) is 2.85. The second-order valence-electron chi connectivity index (χ2n) is 5.86. The molecule has 0 saturated heterocycles. The van der Waals surface area contributed by atoms with Crippen LogP contribution < -0.4 is 5.32 Å². The lowest BCUT2D eigenvalue weighted by molar-refractivity contribution is 0.322. The molecule has 0 aliphatic carbocycles. The molecule has 0 bridgehead atoms. The van der Waals surface area contributed by atoms with Crippen LogP contribution in [0.15, 0.2) is 88.1 Å². The topological polar surface area (TPSA) is 82.2 Å². The Labute approximate surface area is 164 Å². The zero-order valence-electron chi connectivity index (χ0n) is 15.5. The summed E-state index contributed by atoms with van der Waals surface area (Å²) >= 11 is 0. The molecule has 3 rings (SSSR count). The molecule has 2 N–H and O–H groups in total. The van der Waals surface area contributed by atoms with Crippen LogP contribution in [0.1, 0.15) is 11.3 Å². The Morgan fingerprint density at radius 1 is 1.00 bits per heavy atom. The van der Waals surface area contributed by atoms with Crippen LogP contribution in [-0.2, 0) is 6.54 Å². The van der Waals surface area contributed by atoms with E-state index in [2.05, 4.69) is 25.4 Å². The van der Waals surface area contributed by atoms with E-state index in [0.717, 1.165) is 28.1 Å². The number of aliphatic imine (C=N–C) groups is 2.